The van der Waals surface area contributed by atoms with E-state index in [1.54, 1.807) is 0 Å². The lowest BCUT2D eigenvalue weighted by atomic mass is 10.2. The summed E-state index contributed by atoms with van der Waals surface area (Å²) in [7, 11) is 1.34. The Bertz CT molecular complexity index is 889. The van der Waals surface area contributed by atoms with Crippen molar-refractivity contribution in [2.45, 2.75) is 6.42 Å². The number of methoxy groups -OCH3 is 1. The van der Waals surface area contributed by atoms with Crippen LogP contribution in [0.1, 0.15) is 16.8 Å². The Labute approximate surface area is 152 Å². The van der Waals surface area contributed by atoms with Crippen LogP contribution < -0.4 is 15.4 Å². The van der Waals surface area contributed by atoms with E-state index < -0.39 is 28.4 Å². The molecule has 2 aromatic carbocycles. The van der Waals surface area contributed by atoms with E-state index in [2.05, 4.69) is 10.6 Å². The predicted molar refractivity (Wildman–Crippen MR) is 91.6 cm³/mol. The van der Waals surface area contributed by atoms with Gasteiger partial charge in [0.25, 0.3) is 11.6 Å². The van der Waals surface area contributed by atoms with Gasteiger partial charge in [0.15, 0.2) is 0 Å². The van der Waals surface area contributed by atoms with Crippen molar-refractivity contribution in [3.8, 4) is 5.75 Å². The van der Waals surface area contributed by atoms with Crippen molar-refractivity contribution >= 4 is 23.2 Å². The summed E-state index contributed by atoms with van der Waals surface area (Å²) in [5.41, 5.74) is -0.476. The summed E-state index contributed by atoms with van der Waals surface area (Å²) >= 11 is 0. The fourth-order valence-electron chi connectivity index (χ4n) is 2.18. The van der Waals surface area contributed by atoms with Gasteiger partial charge in [-0.15, -0.1) is 0 Å². The quantitative estimate of drug-likeness (QED) is 0.568. The Balaban J connectivity index is 1.94. The van der Waals surface area contributed by atoms with Crippen LogP contribution in [0, 0.1) is 21.7 Å². The maximum absolute atomic E-state index is 13.5. The third kappa shape index (κ3) is 5.21. The Morgan fingerprint density at radius 3 is 2.56 bits per heavy atom. The average molecular weight is 379 g/mol. The molecule has 0 radical (unpaired) electrons. The number of non-ortho nitro benzene ring substituents is 1. The molecule has 0 aliphatic rings. The van der Waals surface area contributed by atoms with Gasteiger partial charge in [0.1, 0.15) is 17.4 Å². The number of amides is 2. The molecule has 0 bridgehead atoms. The van der Waals surface area contributed by atoms with Gasteiger partial charge >= 0.3 is 0 Å². The fraction of sp³-hybridized carbons (Fsp3) is 0.176. The number of nitro groups is 1. The van der Waals surface area contributed by atoms with Gasteiger partial charge in [0, 0.05) is 31.2 Å². The average Bonchev–Trinajstić information content (AvgIpc) is 2.61. The van der Waals surface area contributed by atoms with Crippen molar-refractivity contribution in [1.29, 1.82) is 0 Å². The van der Waals surface area contributed by atoms with E-state index in [-0.39, 0.29) is 35.7 Å². The van der Waals surface area contributed by atoms with Gasteiger partial charge in [-0.25, -0.2) is 8.78 Å². The second kappa shape index (κ2) is 8.70. The zero-order valence-corrected chi connectivity index (χ0v) is 14.1. The SMILES string of the molecule is COc1ccc([N+](=O)[O-])cc1NC(=O)CCNC(=O)c1ccc(F)cc1F. The second-order valence-electron chi connectivity index (χ2n) is 5.32. The van der Waals surface area contributed by atoms with Crippen LogP contribution in [0.15, 0.2) is 36.4 Å². The highest BCUT2D eigenvalue weighted by Gasteiger charge is 2.15. The van der Waals surface area contributed by atoms with Gasteiger partial charge < -0.3 is 15.4 Å². The summed E-state index contributed by atoms with van der Waals surface area (Å²) in [6.45, 7) is -0.126. The molecular weight excluding hydrogens is 364 g/mol. The van der Waals surface area contributed by atoms with E-state index in [1.807, 2.05) is 0 Å². The van der Waals surface area contributed by atoms with Crippen molar-refractivity contribution < 1.29 is 28.0 Å². The molecule has 2 aromatic rings. The van der Waals surface area contributed by atoms with Crippen LogP contribution in [0.3, 0.4) is 0 Å². The molecular formula is C17H15F2N3O5. The number of ether oxygens (including phenoxy) is 1. The van der Waals surface area contributed by atoms with Crippen LogP contribution in [0.2, 0.25) is 0 Å². The molecule has 0 aliphatic heterocycles. The van der Waals surface area contributed by atoms with E-state index >= 15 is 0 Å². The number of carbonyl (C=O) groups excluding carboxylic acids is 2. The van der Waals surface area contributed by atoms with Crippen LogP contribution in [-0.2, 0) is 4.79 Å². The lowest BCUT2D eigenvalue weighted by Crippen LogP contribution is -2.28. The van der Waals surface area contributed by atoms with Gasteiger partial charge in [-0.1, -0.05) is 0 Å². The zero-order valence-electron chi connectivity index (χ0n) is 14.1. The molecule has 0 saturated heterocycles. The largest absolute Gasteiger partial charge is 0.495 e. The van der Waals surface area contributed by atoms with Crippen molar-refractivity contribution in [3.63, 3.8) is 0 Å². The van der Waals surface area contributed by atoms with Crippen LogP contribution in [0.5, 0.6) is 5.75 Å². The summed E-state index contributed by atoms with van der Waals surface area (Å²) in [4.78, 5) is 34.0. The highest BCUT2D eigenvalue weighted by atomic mass is 19.1. The third-order valence-electron chi connectivity index (χ3n) is 3.48. The first-order valence-electron chi connectivity index (χ1n) is 7.67. The highest BCUT2D eigenvalue weighted by molar-refractivity contribution is 5.96. The van der Waals surface area contributed by atoms with Crippen LogP contribution in [0.4, 0.5) is 20.2 Å². The molecule has 2 amide bonds. The second-order valence-corrected chi connectivity index (χ2v) is 5.32. The monoisotopic (exact) mass is 379 g/mol. The lowest BCUT2D eigenvalue weighted by Gasteiger charge is -2.10. The minimum absolute atomic E-state index is 0.104. The smallest absolute Gasteiger partial charge is 0.271 e. The Kier molecular flexibility index (Phi) is 6.36. The molecule has 0 unspecified atom stereocenters. The molecule has 10 heteroatoms. The molecule has 2 rings (SSSR count). The van der Waals surface area contributed by atoms with E-state index in [0.29, 0.717) is 6.07 Å². The van der Waals surface area contributed by atoms with Crippen LogP contribution >= 0.6 is 0 Å². The molecule has 8 nitrogen and oxygen atoms in total. The number of nitrogens with zero attached hydrogens (tertiary/aromatic N) is 1. The van der Waals surface area contributed by atoms with Gasteiger partial charge in [-0.2, -0.15) is 0 Å². The van der Waals surface area contributed by atoms with E-state index in [1.165, 1.54) is 19.2 Å². The van der Waals surface area contributed by atoms with Gasteiger partial charge in [0.05, 0.1) is 23.3 Å². The summed E-state index contributed by atoms with van der Waals surface area (Å²) in [5.74, 6) is -2.94. The fourth-order valence-corrected chi connectivity index (χ4v) is 2.18. The summed E-state index contributed by atoms with van der Waals surface area (Å²) in [5, 5.41) is 15.6. The number of hydrogen-bond donors (Lipinski definition) is 2. The highest BCUT2D eigenvalue weighted by Crippen LogP contribution is 2.28. The van der Waals surface area contributed by atoms with Crippen molar-refractivity contribution in [3.05, 3.63) is 63.7 Å². The molecule has 2 N–H and O–H groups in total. The molecule has 0 saturated carbocycles. The molecule has 0 fully saturated rings. The molecule has 0 aromatic heterocycles. The Hall–Kier alpha value is -3.56. The van der Waals surface area contributed by atoms with E-state index in [0.717, 1.165) is 18.2 Å². The van der Waals surface area contributed by atoms with Crippen molar-refractivity contribution in [2.75, 3.05) is 19.0 Å². The maximum Gasteiger partial charge on any atom is 0.271 e. The number of nitro benzene ring substituents is 1. The molecule has 0 atom stereocenters. The number of benzene rings is 2. The number of carbonyl (C=O) groups is 2. The standard InChI is InChI=1S/C17H15F2N3O5/c1-27-15-5-3-11(22(25)26)9-14(15)21-16(23)6-7-20-17(24)12-4-2-10(18)8-13(12)19/h2-5,8-9H,6-7H2,1H3,(H,20,24)(H,21,23). The van der Waals surface area contributed by atoms with Crippen LogP contribution in [-0.4, -0.2) is 30.4 Å². The van der Waals surface area contributed by atoms with Crippen molar-refractivity contribution in [2.24, 2.45) is 0 Å². The summed E-state index contributed by atoms with van der Waals surface area (Å²) in [6, 6.07) is 6.23. The molecule has 0 heterocycles. The van der Waals surface area contributed by atoms with Gasteiger partial charge in [-0.05, 0) is 18.2 Å². The number of rotatable bonds is 7. The number of halogens is 2. The lowest BCUT2D eigenvalue weighted by molar-refractivity contribution is -0.384. The number of anilines is 1. The number of hydrogen-bond acceptors (Lipinski definition) is 5. The molecule has 0 aliphatic carbocycles. The van der Waals surface area contributed by atoms with Gasteiger partial charge in [0.2, 0.25) is 5.91 Å². The topological polar surface area (TPSA) is 111 Å². The molecule has 0 spiro atoms. The first kappa shape index (κ1) is 19.8. The Morgan fingerprint density at radius 2 is 1.93 bits per heavy atom. The minimum Gasteiger partial charge on any atom is -0.495 e. The maximum atomic E-state index is 13.5. The number of nitrogens with one attached hydrogen (secondary N) is 2. The van der Waals surface area contributed by atoms with Crippen LogP contribution in [0.25, 0.3) is 0 Å². The summed E-state index contributed by atoms with van der Waals surface area (Å²) < 4.78 is 31.4. The first-order chi connectivity index (χ1) is 12.8. The van der Waals surface area contributed by atoms with Crippen molar-refractivity contribution in [1.82, 2.24) is 5.32 Å². The normalized spacial score (nSPS) is 10.2. The minimum atomic E-state index is -1.02. The first-order valence-corrected chi connectivity index (χ1v) is 7.67. The zero-order chi connectivity index (χ0) is 20.0. The Morgan fingerprint density at radius 1 is 1.19 bits per heavy atom. The third-order valence-corrected chi connectivity index (χ3v) is 3.48. The predicted octanol–water partition coefficient (Wildman–Crippen LogP) is 2.64. The van der Waals surface area contributed by atoms with E-state index in [9.17, 15) is 28.5 Å². The summed E-state index contributed by atoms with van der Waals surface area (Å²) in [6.07, 6.45) is -0.180. The molecule has 27 heavy (non-hydrogen) atoms. The van der Waals surface area contributed by atoms with E-state index in [4.69, 9.17) is 4.74 Å². The molecule has 142 valence electrons. The van der Waals surface area contributed by atoms with Gasteiger partial charge in [-0.3, -0.25) is 19.7 Å².